The van der Waals surface area contributed by atoms with Crippen LogP contribution >= 0.6 is 15.9 Å². The molecule has 0 bridgehead atoms. The van der Waals surface area contributed by atoms with Crippen molar-refractivity contribution in [3.8, 4) is 0 Å². The Balaban J connectivity index is 1.90. The first-order chi connectivity index (χ1) is 9.69. The van der Waals surface area contributed by atoms with E-state index in [1.165, 1.54) is 6.07 Å². The number of nitrogens with zero attached hydrogens (tertiary/aromatic N) is 2. The van der Waals surface area contributed by atoms with Crippen molar-refractivity contribution in [3.63, 3.8) is 0 Å². The van der Waals surface area contributed by atoms with Gasteiger partial charge in [-0.25, -0.2) is 9.37 Å². The van der Waals surface area contributed by atoms with E-state index in [9.17, 15) is 4.39 Å². The first kappa shape index (κ1) is 15.2. The molecule has 0 aliphatic carbocycles. The number of benzene rings is 1. The molecule has 0 radical (unpaired) electrons. The molecule has 6 heteroatoms. The van der Waals surface area contributed by atoms with E-state index in [-0.39, 0.29) is 5.82 Å². The molecule has 0 atom stereocenters. The second kappa shape index (κ2) is 7.52. The number of halogens is 2. The van der Waals surface area contributed by atoms with Crippen molar-refractivity contribution in [2.45, 2.75) is 13.1 Å². The summed E-state index contributed by atoms with van der Waals surface area (Å²) < 4.78 is 20.6. The van der Waals surface area contributed by atoms with Crippen molar-refractivity contribution in [3.05, 3.63) is 52.3 Å². The predicted octanol–water partition coefficient (Wildman–Crippen LogP) is 2.57. The Morgan fingerprint density at radius 1 is 1.45 bits per heavy atom. The second-order valence-corrected chi connectivity index (χ2v) is 5.31. The van der Waals surface area contributed by atoms with E-state index in [1.54, 1.807) is 25.6 Å². The van der Waals surface area contributed by atoms with Gasteiger partial charge in [-0.15, -0.1) is 0 Å². The van der Waals surface area contributed by atoms with Gasteiger partial charge >= 0.3 is 0 Å². The molecule has 0 saturated carbocycles. The van der Waals surface area contributed by atoms with Gasteiger partial charge in [0.2, 0.25) is 0 Å². The van der Waals surface area contributed by atoms with Gasteiger partial charge in [-0.2, -0.15) is 0 Å². The molecule has 0 saturated heterocycles. The van der Waals surface area contributed by atoms with Crippen molar-refractivity contribution in [1.29, 1.82) is 0 Å². The zero-order valence-electron chi connectivity index (χ0n) is 11.3. The van der Waals surface area contributed by atoms with Crippen LogP contribution in [0.5, 0.6) is 0 Å². The van der Waals surface area contributed by atoms with Gasteiger partial charge in [0.1, 0.15) is 5.82 Å². The molecule has 0 unspecified atom stereocenters. The maximum Gasteiger partial charge on any atom is 0.137 e. The van der Waals surface area contributed by atoms with Gasteiger partial charge in [0.05, 0.1) is 23.1 Å². The van der Waals surface area contributed by atoms with Crippen LogP contribution in [-0.2, 0) is 17.8 Å². The van der Waals surface area contributed by atoms with Crippen molar-refractivity contribution in [1.82, 2.24) is 14.9 Å². The zero-order chi connectivity index (χ0) is 14.4. The normalized spacial score (nSPS) is 10.9. The Morgan fingerprint density at radius 3 is 3.05 bits per heavy atom. The molecule has 2 aromatic rings. The number of ether oxygens (including phenoxy) is 1. The van der Waals surface area contributed by atoms with Crippen LogP contribution in [0, 0.1) is 5.82 Å². The summed E-state index contributed by atoms with van der Waals surface area (Å²) in [5.41, 5.74) is 2.00. The van der Waals surface area contributed by atoms with Gasteiger partial charge in [-0.3, -0.25) is 0 Å². The summed E-state index contributed by atoms with van der Waals surface area (Å²) in [6, 6.07) is 5.02. The molecule has 4 nitrogen and oxygen atoms in total. The maximum absolute atomic E-state index is 13.2. The molecular weight excluding hydrogens is 325 g/mol. The topological polar surface area (TPSA) is 39.1 Å². The number of aromatic nitrogens is 2. The first-order valence-corrected chi connectivity index (χ1v) is 7.12. The summed E-state index contributed by atoms with van der Waals surface area (Å²) in [4.78, 5) is 4.32. The minimum Gasteiger partial charge on any atom is -0.383 e. The average Bonchev–Trinajstić information content (AvgIpc) is 2.87. The van der Waals surface area contributed by atoms with E-state index in [0.29, 0.717) is 24.2 Å². The molecule has 1 heterocycles. The Hall–Kier alpha value is -1.24. The fourth-order valence-corrected chi connectivity index (χ4v) is 2.25. The van der Waals surface area contributed by atoms with E-state index >= 15 is 0 Å². The molecule has 0 spiro atoms. The molecule has 2 rings (SSSR count). The molecule has 0 amide bonds. The summed E-state index contributed by atoms with van der Waals surface area (Å²) in [6.45, 7) is 2.87. The van der Waals surface area contributed by atoms with Gasteiger partial charge in [0.25, 0.3) is 0 Å². The highest BCUT2D eigenvalue weighted by atomic mass is 79.9. The number of rotatable bonds is 7. The molecule has 0 aliphatic rings. The SMILES string of the molecule is COCCNCc1cn(Cc2ccc(F)c(Br)c2)cn1. The molecule has 20 heavy (non-hydrogen) atoms. The smallest absolute Gasteiger partial charge is 0.137 e. The molecule has 1 aromatic heterocycles. The van der Waals surface area contributed by atoms with E-state index in [1.807, 2.05) is 10.8 Å². The van der Waals surface area contributed by atoms with Crippen LogP contribution in [0.3, 0.4) is 0 Å². The number of methoxy groups -OCH3 is 1. The van der Waals surface area contributed by atoms with Gasteiger partial charge in [-0.1, -0.05) is 6.07 Å². The lowest BCUT2D eigenvalue weighted by Gasteiger charge is -2.04. The van der Waals surface area contributed by atoms with Crippen LogP contribution in [0.2, 0.25) is 0 Å². The van der Waals surface area contributed by atoms with Crippen LogP contribution in [0.15, 0.2) is 35.2 Å². The number of imidazole rings is 1. The molecule has 108 valence electrons. The molecular formula is C14H17BrFN3O. The van der Waals surface area contributed by atoms with Crippen molar-refractivity contribution >= 4 is 15.9 Å². The van der Waals surface area contributed by atoms with Crippen LogP contribution in [0.4, 0.5) is 4.39 Å². The quantitative estimate of drug-likeness (QED) is 0.786. The fourth-order valence-electron chi connectivity index (χ4n) is 1.82. The monoisotopic (exact) mass is 341 g/mol. The van der Waals surface area contributed by atoms with Crippen molar-refractivity contribution in [2.75, 3.05) is 20.3 Å². The van der Waals surface area contributed by atoms with E-state index < -0.39 is 0 Å². The first-order valence-electron chi connectivity index (χ1n) is 6.33. The molecule has 0 fully saturated rings. The lowest BCUT2D eigenvalue weighted by atomic mass is 10.2. The third kappa shape index (κ3) is 4.40. The summed E-state index contributed by atoms with van der Waals surface area (Å²) in [7, 11) is 1.68. The lowest BCUT2D eigenvalue weighted by molar-refractivity contribution is 0.199. The van der Waals surface area contributed by atoms with E-state index in [0.717, 1.165) is 17.8 Å². The van der Waals surface area contributed by atoms with Crippen LogP contribution in [0.25, 0.3) is 0 Å². The maximum atomic E-state index is 13.2. The van der Waals surface area contributed by atoms with Gasteiger partial charge in [-0.05, 0) is 33.6 Å². The molecule has 0 aliphatic heterocycles. The van der Waals surface area contributed by atoms with Gasteiger partial charge < -0.3 is 14.6 Å². The summed E-state index contributed by atoms with van der Waals surface area (Å²) in [5, 5.41) is 3.24. The number of hydrogen-bond acceptors (Lipinski definition) is 3. The predicted molar refractivity (Wildman–Crippen MR) is 79.0 cm³/mol. The third-order valence-electron chi connectivity index (χ3n) is 2.82. The lowest BCUT2D eigenvalue weighted by Crippen LogP contribution is -2.18. The average molecular weight is 342 g/mol. The highest BCUT2D eigenvalue weighted by Crippen LogP contribution is 2.17. The third-order valence-corrected chi connectivity index (χ3v) is 3.43. The van der Waals surface area contributed by atoms with Crippen molar-refractivity contribution in [2.24, 2.45) is 0 Å². The van der Waals surface area contributed by atoms with Crippen molar-refractivity contribution < 1.29 is 9.13 Å². The second-order valence-electron chi connectivity index (χ2n) is 4.46. The standard InChI is InChI=1S/C14H17BrFN3O/c1-20-5-4-17-7-12-9-19(10-18-12)8-11-2-3-14(16)13(15)6-11/h2-3,6,9-10,17H,4-5,7-8H2,1H3. The van der Waals surface area contributed by atoms with E-state index in [4.69, 9.17) is 4.74 Å². The Bertz CT molecular complexity index is 559. The largest absolute Gasteiger partial charge is 0.383 e. The minimum absolute atomic E-state index is 0.248. The Kier molecular flexibility index (Phi) is 5.70. The van der Waals surface area contributed by atoms with Crippen LogP contribution in [0.1, 0.15) is 11.3 Å². The van der Waals surface area contributed by atoms with Crippen LogP contribution < -0.4 is 5.32 Å². The highest BCUT2D eigenvalue weighted by molar-refractivity contribution is 9.10. The number of hydrogen-bond donors (Lipinski definition) is 1. The summed E-state index contributed by atoms with van der Waals surface area (Å²) in [5.74, 6) is -0.248. The Morgan fingerprint density at radius 2 is 2.30 bits per heavy atom. The number of nitrogens with one attached hydrogen (secondary N) is 1. The summed E-state index contributed by atoms with van der Waals surface area (Å²) in [6.07, 6.45) is 3.77. The Labute approximate surface area is 126 Å². The fraction of sp³-hybridized carbons (Fsp3) is 0.357. The highest BCUT2D eigenvalue weighted by Gasteiger charge is 2.03. The van der Waals surface area contributed by atoms with Gasteiger partial charge in [0, 0.05) is 32.9 Å². The van der Waals surface area contributed by atoms with Gasteiger partial charge in [0.15, 0.2) is 0 Å². The van der Waals surface area contributed by atoms with E-state index in [2.05, 4.69) is 26.2 Å². The molecule has 1 N–H and O–H groups in total. The zero-order valence-corrected chi connectivity index (χ0v) is 12.9. The molecule has 1 aromatic carbocycles. The van der Waals surface area contributed by atoms with Crippen LogP contribution in [-0.4, -0.2) is 29.8 Å². The minimum atomic E-state index is -0.248. The summed E-state index contributed by atoms with van der Waals surface area (Å²) >= 11 is 3.19.